The Morgan fingerprint density at radius 3 is 2.52 bits per heavy atom. The van der Waals surface area contributed by atoms with Gasteiger partial charge in [-0.1, -0.05) is 13.8 Å². The first-order valence-corrected chi connectivity index (χ1v) is 9.35. The van der Waals surface area contributed by atoms with Crippen LogP contribution in [0.3, 0.4) is 0 Å². The normalized spacial score (nSPS) is 28.5. The Morgan fingerprint density at radius 2 is 2.05 bits per heavy atom. The van der Waals surface area contributed by atoms with Crippen LogP contribution < -0.4 is 0 Å². The van der Waals surface area contributed by atoms with E-state index in [1.165, 1.54) is 0 Å². The molecular weight excluding hydrogens is 286 g/mol. The summed E-state index contributed by atoms with van der Waals surface area (Å²) in [6.45, 7) is 8.24. The van der Waals surface area contributed by atoms with Crippen LogP contribution in [0.25, 0.3) is 0 Å². The lowest BCUT2D eigenvalue weighted by molar-refractivity contribution is -0.210. The zero-order valence-electron chi connectivity index (χ0n) is 13.7. The number of aliphatic hydroxyl groups excluding tert-OH is 1. The number of aliphatic hydroxyl groups is 1. The number of nitrogens with zero attached hydrogens (tertiary/aromatic N) is 1. The minimum atomic E-state index is -0.304. The van der Waals surface area contributed by atoms with Crippen LogP contribution in [0.1, 0.15) is 40.0 Å². The maximum Gasteiger partial charge on any atom is 0.229 e. The highest BCUT2D eigenvalue weighted by molar-refractivity contribution is 7.98. The lowest BCUT2D eigenvalue weighted by Gasteiger charge is -2.57. The van der Waals surface area contributed by atoms with E-state index in [1.807, 2.05) is 31.9 Å². The molecule has 2 atom stereocenters. The van der Waals surface area contributed by atoms with Gasteiger partial charge in [0.15, 0.2) is 0 Å². The Balaban J connectivity index is 1.95. The molecule has 0 bridgehead atoms. The summed E-state index contributed by atoms with van der Waals surface area (Å²) in [7, 11) is 0. The molecule has 1 saturated carbocycles. The molecule has 2 aliphatic rings. The van der Waals surface area contributed by atoms with Crippen molar-refractivity contribution in [3.05, 3.63) is 0 Å². The Labute approximate surface area is 132 Å². The average Bonchev–Trinajstić information content (AvgIpc) is 2.46. The molecule has 2 rings (SSSR count). The van der Waals surface area contributed by atoms with Gasteiger partial charge in [0.1, 0.15) is 0 Å². The fraction of sp³-hybridized carbons (Fsp3) is 0.938. The maximum absolute atomic E-state index is 12.6. The van der Waals surface area contributed by atoms with Gasteiger partial charge >= 0.3 is 0 Å². The van der Waals surface area contributed by atoms with Crippen molar-refractivity contribution in [2.75, 3.05) is 31.7 Å². The van der Waals surface area contributed by atoms with Gasteiger partial charge in [-0.15, -0.1) is 0 Å². The first-order chi connectivity index (χ1) is 9.87. The molecule has 5 heteroatoms. The summed E-state index contributed by atoms with van der Waals surface area (Å²) >= 11 is 1.72. The number of likely N-dealkylation sites (tertiary alicyclic amines) is 1. The largest absolute Gasteiger partial charge is 0.392 e. The van der Waals surface area contributed by atoms with Gasteiger partial charge in [-0.3, -0.25) is 4.79 Å². The molecule has 1 spiro atoms. The molecular formula is C16H29NO3S. The Bertz CT molecular complexity index is 376. The number of piperidine rings is 1. The van der Waals surface area contributed by atoms with Gasteiger partial charge in [0.2, 0.25) is 5.91 Å². The second kappa shape index (κ2) is 6.47. The van der Waals surface area contributed by atoms with E-state index < -0.39 is 0 Å². The van der Waals surface area contributed by atoms with Crippen LogP contribution in [0.15, 0.2) is 0 Å². The van der Waals surface area contributed by atoms with Crippen LogP contribution in [0.2, 0.25) is 0 Å². The Kier molecular flexibility index (Phi) is 5.27. The first-order valence-electron chi connectivity index (χ1n) is 7.95. The van der Waals surface area contributed by atoms with Crippen molar-refractivity contribution >= 4 is 17.7 Å². The van der Waals surface area contributed by atoms with E-state index in [-0.39, 0.29) is 28.9 Å². The second-order valence-electron chi connectivity index (χ2n) is 7.04. The van der Waals surface area contributed by atoms with E-state index in [2.05, 4.69) is 0 Å². The summed E-state index contributed by atoms with van der Waals surface area (Å²) in [5, 5.41) is 10.2. The molecule has 0 aromatic heterocycles. The van der Waals surface area contributed by atoms with Gasteiger partial charge in [0.05, 0.1) is 17.6 Å². The zero-order valence-corrected chi connectivity index (χ0v) is 14.5. The van der Waals surface area contributed by atoms with E-state index >= 15 is 0 Å². The van der Waals surface area contributed by atoms with Crippen LogP contribution in [-0.4, -0.2) is 59.8 Å². The summed E-state index contributed by atoms with van der Waals surface area (Å²) in [4.78, 5) is 14.6. The minimum Gasteiger partial charge on any atom is -0.392 e. The number of amides is 1. The van der Waals surface area contributed by atoms with Crippen LogP contribution in [0.4, 0.5) is 0 Å². The van der Waals surface area contributed by atoms with Gasteiger partial charge in [-0.25, -0.2) is 0 Å². The van der Waals surface area contributed by atoms with Gasteiger partial charge in [0.25, 0.3) is 0 Å². The van der Waals surface area contributed by atoms with Crippen molar-refractivity contribution in [1.82, 2.24) is 4.90 Å². The van der Waals surface area contributed by atoms with Gasteiger partial charge in [-0.2, -0.15) is 11.8 Å². The smallest absolute Gasteiger partial charge is 0.229 e. The molecule has 0 radical (unpaired) electrons. The summed E-state index contributed by atoms with van der Waals surface area (Å²) in [5.41, 5.74) is -0.405. The van der Waals surface area contributed by atoms with Gasteiger partial charge in [0, 0.05) is 37.3 Å². The SMILES string of the molecule is CCO[C@@H]1C[C@H](O)C12CCN(C(=O)C(C)(C)CSC)CC2. The zero-order chi connectivity index (χ0) is 15.7. The number of rotatable bonds is 5. The minimum absolute atomic E-state index is 0.101. The lowest BCUT2D eigenvalue weighted by Crippen LogP contribution is -2.63. The van der Waals surface area contributed by atoms with Crippen LogP contribution in [0, 0.1) is 10.8 Å². The van der Waals surface area contributed by atoms with E-state index in [0.717, 1.165) is 38.1 Å². The monoisotopic (exact) mass is 315 g/mol. The molecule has 4 nitrogen and oxygen atoms in total. The van der Waals surface area contributed by atoms with Crippen molar-refractivity contribution in [3.63, 3.8) is 0 Å². The first kappa shape index (κ1) is 17.1. The standard InChI is InChI=1S/C16H29NO3S/c1-5-20-13-10-12(18)16(13)6-8-17(9-7-16)14(19)15(2,3)11-21-4/h12-13,18H,5-11H2,1-4H3/t12-,13+/m0/s1. The van der Waals surface area contributed by atoms with E-state index in [4.69, 9.17) is 4.74 Å². The number of carbonyl (C=O) groups is 1. The predicted octanol–water partition coefficient (Wildman–Crippen LogP) is 2.15. The molecule has 1 amide bonds. The van der Waals surface area contributed by atoms with Crippen molar-refractivity contribution in [3.8, 4) is 0 Å². The quantitative estimate of drug-likeness (QED) is 0.844. The third-order valence-corrected chi connectivity index (χ3v) is 6.19. The van der Waals surface area contributed by atoms with Gasteiger partial charge < -0.3 is 14.7 Å². The third-order valence-electron chi connectivity index (χ3n) is 5.18. The molecule has 1 aliphatic heterocycles. The molecule has 0 aromatic rings. The highest BCUT2D eigenvalue weighted by atomic mass is 32.2. The van der Waals surface area contributed by atoms with Crippen LogP contribution in [0.5, 0.6) is 0 Å². The molecule has 1 N–H and O–H groups in total. The molecule has 0 aromatic carbocycles. The van der Waals surface area contributed by atoms with Crippen molar-refractivity contribution in [2.45, 2.75) is 52.2 Å². The van der Waals surface area contributed by atoms with E-state index in [9.17, 15) is 9.90 Å². The number of thioether (sulfide) groups is 1. The highest BCUT2D eigenvalue weighted by Crippen LogP contribution is 2.51. The number of carbonyl (C=O) groups excluding carboxylic acids is 1. The summed E-state index contributed by atoms with van der Waals surface area (Å²) in [5.74, 6) is 1.09. The van der Waals surface area contributed by atoms with E-state index in [1.54, 1.807) is 11.8 Å². The molecule has 1 aliphatic carbocycles. The maximum atomic E-state index is 12.6. The van der Waals surface area contributed by atoms with Crippen LogP contribution >= 0.6 is 11.8 Å². The molecule has 1 saturated heterocycles. The van der Waals surface area contributed by atoms with Gasteiger partial charge in [-0.05, 0) is 26.0 Å². The molecule has 0 unspecified atom stereocenters. The fourth-order valence-corrected chi connectivity index (χ4v) is 4.64. The number of hydrogen-bond acceptors (Lipinski definition) is 4. The molecule has 1 heterocycles. The van der Waals surface area contributed by atoms with Crippen molar-refractivity contribution in [2.24, 2.45) is 10.8 Å². The second-order valence-corrected chi connectivity index (χ2v) is 7.90. The van der Waals surface area contributed by atoms with Crippen molar-refractivity contribution in [1.29, 1.82) is 0 Å². The molecule has 122 valence electrons. The fourth-order valence-electron chi connectivity index (χ4n) is 3.79. The Hall–Kier alpha value is -0.260. The third kappa shape index (κ3) is 3.10. The highest BCUT2D eigenvalue weighted by Gasteiger charge is 2.56. The predicted molar refractivity (Wildman–Crippen MR) is 86.4 cm³/mol. The summed E-state index contributed by atoms with van der Waals surface area (Å²) in [6, 6.07) is 0. The van der Waals surface area contributed by atoms with Crippen LogP contribution in [-0.2, 0) is 9.53 Å². The Morgan fingerprint density at radius 1 is 1.43 bits per heavy atom. The molecule has 2 fully saturated rings. The van der Waals surface area contributed by atoms with E-state index in [0.29, 0.717) is 6.61 Å². The summed E-state index contributed by atoms with van der Waals surface area (Å²) in [6.07, 6.45) is 4.43. The molecule has 21 heavy (non-hydrogen) atoms. The average molecular weight is 315 g/mol. The number of hydrogen-bond donors (Lipinski definition) is 1. The lowest BCUT2D eigenvalue weighted by atomic mass is 9.58. The summed E-state index contributed by atoms with van der Waals surface area (Å²) < 4.78 is 5.78. The van der Waals surface area contributed by atoms with Crippen molar-refractivity contribution < 1.29 is 14.6 Å². The number of ether oxygens (including phenoxy) is 1. The topological polar surface area (TPSA) is 49.8 Å².